The third-order valence-electron chi connectivity index (χ3n) is 5.24. The number of alkyl halides is 3. The lowest BCUT2D eigenvalue weighted by Gasteiger charge is -2.23. The number of urea groups is 1. The van der Waals surface area contributed by atoms with Crippen molar-refractivity contribution in [3.05, 3.63) is 29.3 Å². The van der Waals surface area contributed by atoms with E-state index in [1.54, 1.807) is 0 Å². The third-order valence-corrected chi connectivity index (χ3v) is 5.24. The number of nitrogens with two attached hydrogens (primary N) is 1. The molecule has 1 atom stereocenters. The first-order valence-corrected chi connectivity index (χ1v) is 8.95. The second kappa shape index (κ2) is 7.08. The Hall–Kier alpha value is -2.62. The van der Waals surface area contributed by atoms with Gasteiger partial charge in [-0.3, -0.25) is 9.59 Å². The first kappa shape index (κ1) is 20.1. The summed E-state index contributed by atoms with van der Waals surface area (Å²) in [5.74, 6) is -1.23. The van der Waals surface area contributed by atoms with Crippen LogP contribution in [0.15, 0.2) is 18.2 Å². The van der Waals surface area contributed by atoms with Crippen LogP contribution in [0.5, 0.6) is 0 Å². The Balaban J connectivity index is 1.79. The topological polar surface area (TPSA) is 105 Å². The molecule has 152 valence electrons. The van der Waals surface area contributed by atoms with Crippen molar-refractivity contribution in [1.29, 1.82) is 0 Å². The molecule has 1 saturated carbocycles. The number of hydrogen-bond acceptors (Lipinski definition) is 4. The highest BCUT2D eigenvalue weighted by Crippen LogP contribution is 2.36. The Morgan fingerprint density at radius 3 is 2.50 bits per heavy atom. The number of hydrogen-bond donors (Lipinski definition) is 3. The molecule has 1 aliphatic carbocycles. The van der Waals surface area contributed by atoms with Gasteiger partial charge >= 0.3 is 12.2 Å². The summed E-state index contributed by atoms with van der Waals surface area (Å²) in [7, 11) is 0. The molecule has 1 aromatic carbocycles. The molecule has 2 aliphatic rings. The number of anilines is 1. The standard InChI is InChI=1S/C18H21F3N4O3/c1-10(25-15(27)17(24-16(25)28)4-2-3-5-17)14(26)23-13-7-11(9-22)6-12(8-13)18(19,20)21/h6-8,10H,2-5,9,22H2,1H3,(H,23,26)(H,24,28). The van der Waals surface area contributed by atoms with Gasteiger partial charge in [0.15, 0.2) is 0 Å². The molecule has 1 spiro atoms. The molecule has 1 heterocycles. The van der Waals surface area contributed by atoms with Crippen molar-refractivity contribution < 1.29 is 27.6 Å². The predicted octanol–water partition coefficient (Wildman–Crippen LogP) is 2.36. The number of nitrogens with zero attached hydrogens (tertiary/aromatic N) is 1. The van der Waals surface area contributed by atoms with Crippen LogP contribution in [0.1, 0.15) is 43.7 Å². The first-order valence-electron chi connectivity index (χ1n) is 8.95. The van der Waals surface area contributed by atoms with E-state index in [1.807, 2.05) is 0 Å². The minimum atomic E-state index is -4.60. The maximum Gasteiger partial charge on any atom is 0.416 e. The Labute approximate surface area is 159 Å². The Bertz CT molecular complexity index is 819. The van der Waals surface area contributed by atoms with Crippen LogP contribution >= 0.6 is 0 Å². The second-order valence-corrected chi connectivity index (χ2v) is 7.18. The summed E-state index contributed by atoms with van der Waals surface area (Å²) in [6.45, 7) is 1.22. The Morgan fingerprint density at radius 2 is 1.93 bits per heavy atom. The van der Waals surface area contributed by atoms with Crippen molar-refractivity contribution in [2.75, 3.05) is 5.32 Å². The van der Waals surface area contributed by atoms with Gasteiger partial charge in [-0.1, -0.05) is 12.8 Å². The molecule has 10 heteroatoms. The van der Waals surface area contributed by atoms with E-state index in [2.05, 4.69) is 10.6 Å². The van der Waals surface area contributed by atoms with Gasteiger partial charge in [-0.05, 0) is 43.5 Å². The lowest BCUT2D eigenvalue weighted by molar-refractivity contribution is -0.137. The van der Waals surface area contributed by atoms with E-state index in [4.69, 9.17) is 5.73 Å². The second-order valence-electron chi connectivity index (χ2n) is 7.18. The summed E-state index contributed by atoms with van der Waals surface area (Å²) in [5.41, 5.74) is 3.62. The number of carbonyl (C=O) groups is 3. The molecule has 1 unspecified atom stereocenters. The highest BCUT2D eigenvalue weighted by atomic mass is 19.4. The van der Waals surface area contributed by atoms with Crippen molar-refractivity contribution in [2.45, 2.75) is 56.9 Å². The number of carbonyl (C=O) groups excluding carboxylic acids is 3. The van der Waals surface area contributed by atoms with Crippen LogP contribution in [0, 0.1) is 0 Å². The summed E-state index contributed by atoms with van der Waals surface area (Å²) in [5, 5.41) is 5.03. The van der Waals surface area contributed by atoms with Gasteiger partial charge in [0, 0.05) is 12.2 Å². The molecule has 3 rings (SSSR count). The van der Waals surface area contributed by atoms with E-state index < -0.39 is 41.2 Å². The van der Waals surface area contributed by atoms with Crippen molar-refractivity contribution in [3.63, 3.8) is 0 Å². The van der Waals surface area contributed by atoms with Crippen LogP contribution in [-0.4, -0.2) is 34.3 Å². The van der Waals surface area contributed by atoms with Gasteiger partial charge in [0.1, 0.15) is 11.6 Å². The van der Waals surface area contributed by atoms with Crippen LogP contribution in [0.2, 0.25) is 0 Å². The first-order chi connectivity index (χ1) is 13.1. The van der Waals surface area contributed by atoms with Crippen LogP contribution in [0.25, 0.3) is 0 Å². The summed E-state index contributed by atoms with van der Waals surface area (Å²) >= 11 is 0. The van der Waals surface area contributed by atoms with E-state index in [-0.39, 0.29) is 17.8 Å². The van der Waals surface area contributed by atoms with Crippen molar-refractivity contribution in [3.8, 4) is 0 Å². The van der Waals surface area contributed by atoms with Gasteiger partial charge in [0.2, 0.25) is 5.91 Å². The maximum atomic E-state index is 13.0. The van der Waals surface area contributed by atoms with E-state index in [9.17, 15) is 27.6 Å². The van der Waals surface area contributed by atoms with E-state index in [1.165, 1.54) is 13.0 Å². The summed E-state index contributed by atoms with van der Waals surface area (Å²) in [4.78, 5) is 38.4. The van der Waals surface area contributed by atoms with Gasteiger partial charge in [-0.25, -0.2) is 9.69 Å². The Morgan fingerprint density at radius 1 is 1.29 bits per heavy atom. The minimum absolute atomic E-state index is 0.102. The number of imide groups is 1. The summed E-state index contributed by atoms with van der Waals surface area (Å²) < 4.78 is 39.1. The predicted molar refractivity (Wildman–Crippen MR) is 94.0 cm³/mol. The summed E-state index contributed by atoms with van der Waals surface area (Å²) in [6.07, 6.45) is -1.99. The van der Waals surface area contributed by atoms with Crippen molar-refractivity contribution in [2.24, 2.45) is 5.73 Å². The molecule has 4 N–H and O–H groups in total. The van der Waals surface area contributed by atoms with Crippen molar-refractivity contribution in [1.82, 2.24) is 10.2 Å². The molecule has 4 amide bonds. The Kier molecular flexibility index (Phi) is 5.09. The van der Waals surface area contributed by atoms with Crippen LogP contribution in [0.3, 0.4) is 0 Å². The largest absolute Gasteiger partial charge is 0.416 e. The number of rotatable bonds is 4. The molecule has 1 saturated heterocycles. The van der Waals surface area contributed by atoms with E-state index >= 15 is 0 Å². The van der Waals surface area contributed by atoms with Gasteiger partial charge in [-0.2, -0.15) is 13.2 Å². The smallest absolute Gasteiger partial charge is 0.326 e. The normalized spacial score (nSPS) is 19.8. The molecular weight excluding hydrogens is 377 g/mol. The van der Waals surface area contributed by atoms with E-state index in [0.29, 0.717) is 12.8 Å². The molecule has 1 aliphatic heterocycles. The number of benzene rings is 1. The highest BCUT2D eigenvalue weighted by Gasteiger charge is 2.54. The molecule has 28 heavy (non-hydrogen) atoms. The fraction of sp³-hybridized carbons (Fsp3) is 0.500. The third kappa shape index (κ3) is 3.56. The molecule has 0 radical (unpaired) electrons. The fourth-order valence-electron chi connectivity index (χ4n) is 3.72. The average molecular weight is 398 g/mol. The van der Waals surface area contributed by atoms with Gasteiger partial charge in [0.05, 0.1) is 5.56 Å². The molecule has 2 fully saturated rings. The monoisotopic (exact) mass is 398 g/mol. The highest BCUT2D eigenvalue weighted by molar-refractivity contribution is 6.11. The van der Waals surface area contributed by atoms with Crippen LogP contribution in [-0.2, 0) is 22.3 Å². The van der Waals surface area contributed by atoms with Gasteiger partial charge in [-0.15, -0.1) is 0 Å². The molecular formula is C18H21F3N4O3. The number of halogens is 3. The maximum absolute atomic E-state index is 13.0. The fourth-order valence-corrected chi connectivity index (χ4v) is 3.72. The van der Waals surface area contributed by atoms with Crippen LogP contribution in [0.4, 0.5) is 23.7 Å². The zero-order chi connectivity index (χ0) is 20.7. The molecule has 1 aromatic rings. The zero-order valence-electron chi connectivity index (χ0n) is 15.2. The van der Waals surface area contributed by atoms with E-state index in [0.717, 1.165) is 29.9 Å². The summed E-state index contributed by atoms with van der Waals surface area (Å²) in [6, 6.07) is 1.17. The quantitative estimate of drug-likeness (QED) is 0.677. The zero-order valence-corrected chi connectivity index (χ0v) is 15.2. The number of amides is 4. The van der Waals surface area contributed by atoms with Crippen LogP contribution < -0.4 is 16.4 Å². The van der Waals surface area contributed by atoms with Gasteiger partial charge < -0.3 is 16.4 Å². The number of nitrogens with one attached hydrogen (secondary N) is 2. The van der Waals surface area contributed by atoms with Crippen molar-refractivity contribution >= 4 is 23.5 Å². The SMILES string of the molecule is CC(C(=O)Nc1cc(CN)cc(C(F)(F)F)c1)N1C(=O)NC2(CCCC2)C1=O. The lowest BCUT2D eigenvalue weighted by atomic mass is 9.97. The lowest BCUT2D eigenvalue weighted by Crippen LogP contribution is -2.48. The molecule has 7 nitrogen and oxygen atoms in total. The average Bonchev–Trinajstić information content (AvgIpc) is 3.18. The molecule has 0 bridgehead atoms. The molecule has 0 aromatic heterocycles. The minimum Gasteiger partial charge on any atom is -0.326 e. The van der Waals surface area contributed by atoms with Gasteiger partial charge in [0.25, 0.3) is 5.91 Å².